The molecule has 6 nitrogen and oxygen atoms in total. The van der Waals surface area contributed by atoms with Gasteiger partial charge in [0.1, 0.15) is 12.2 Å². The Morgan fingerprint density at radius 3 is 2.54 bits per heavy atom. The molecule has 1 saturated heterocycles. The lowest BCUT2D eigenvalue weighted by Crippen LogP contribution is -2.63. The molecule has 0 radical (unpaired) electrons. The first-order valence-corrected chi connectivity index (χ1v) is 4.02. The van der Waals surface area contributed by atoms with E-state index in [9.17, 15) is 15.3 Å². The van der Waals surface area contributed by atoms with Crippen LogP contribution in [-0.2, 0) is 9.47 Å². The van der Waals surface area contributed by atoms with Crippen LogP contribution >= 0.6 is 0 Å². The van der Waals surface area contributed by atoms with Crippen molar-refractivity contribution >= 4 is 0 Å². The van der Waals surface area contributed by atoms with Gasteiger partial charge in [-0.15, -0.1) is 0 Å². The number of hydrogen-bond donors (Lipinski definition) is 3. The van der Waals surface area contributed by atoms with E-state index in [1.54, 1.807) is 0 Å². The zero-order valence-electron chi connectivity index (χ0n) is 7.29. The topological polar surface area (TPSA) is 108 Å². The molecule has 1 aliphatic heterocycles. The maximum absolute atomic E-state index is 11.2. The van der Waals surface area contributed by atoms with Gasteiger partial charge in [-0.2, -0.15) is 0 Å². The van der Waals surface area contributed by atoms with E-state index < -0.39 is 30.7 Å². The van der Waals surface area contributed by atoms with Crippen molar-refractivity contribution < 1.29 is 24.8 Å². The third-order valence-electron chi connectivity index (χ3n) is 2.15. The smallest absolute Gasteiger partial charge is 0.110 e. The van der Waals surface area contributed by atoms with Crippen LogP contribution in [0.15, 0.2) is 0 Å². The molecule has 1 heterocycles. The third kappa shape index (κ3) is 1.98. The maximum atomic E-state index is 11.2. The van der Waals surface area contributed by atoms with Crippen molar-refractivity contribution in [2.75, 3.05) is 13.7 Å². The lowest BCUT2D eigenvalue weighted by Gasteiger charge is -2.45. The van der Waals surface area contributed by atoms with E-state index in [1.165, 1.54) is 7.11 Å². The van der Waals surface area contributed by atoms with Gasteiger partial charge in [0.25, 0.3) is 0 Å². The van der Waals surface area contributed by atoms with Crippen molar-refractivity contribution in [3.63, 3.8) is 0 Å². The van der Waals surface area contributed by atoms with Crippen LogP contribution in [-0.4, -0.2) is 54.6 Å². The number of rotatable bonds is 2. The van der Waals surface area contributed by atoms with E-state index in [0.717, 1.165) is 0 Å². The monoisotopic (exact) mass is 192 g/mol. The maximum Gasteiger partial charge on any atom is 0.110 e. The third-order valence-corrected chi connectivity index (χ3v) is 2.15. The minimum absolute atomic E-state index is 0.00655. The van der Waals surface area contributed by atoms with Gasteiger partial charge in [-0.1, -0.05) is 0 Å². The highest BCUT2D eigenvalue weighted by Crippen LogP contribution is 2.19. The molecule has 0 aromatic heterocycles. The second-order valence-corrected chi connectivity index (χ2v) is 2.96. The number of methoxy groups -OCH3 is 1. The quantitative estimate of drug-likeness (QED) is 0.424. The van der Waals surface area contributed by atoms with Gasteiger partial charge in [-0.05, 0) is 0 Å². The van der Waals surface area contributed by atoms with Gasteiger partial charge in [-0.25, -0.2) is 0 Å². The van der Waals surface area contributed by atoms with E-state index in [2.05, 4.69) is 0 Å². The minimum atomic E-state index is -1.50. The van der Waals surface area contributed by atoms with Crippen molar-refractivity contribution in [1.82, 2.24) is 0 Å². The van der Waals surface area contributed by atoms with Crippen LogP contribution in [0.25, 0.3) is 0 Å². The van der Waals surface area contributed by atoms with Gasteiger partial charge in [0.05, 0.1) is 12.2 Å². The molecule has 6 heteroatoms. The average molecular weight is 192 g/mol. The Kier molecular flexibility index (Phi) is 3.60. The molecule has 13 heavy (non-hydrogen) atoms. The van der Waals surface area contributed by atoms with Crippen LogP contribution in [0.2, 0.25) is 0 Å². The second-order valence-electron chi connectivity index (χ2n) is 2.96. The van der Waals surface area contributed by atoms with Gasteiger partial charge in [0.2, 0.25) is 0 Å². The fourth-order valence-corrected chi connectivity index (χ4v) is 1.35. The van der Waals surface area contributed by atoms with Crippen molar-refractivity contribution in [2.24, 2.45) is 5.73 Å². The summed E-state index contributed by atoms with van der Waals surface area (Å²) in [6, 6.07) is 0. The summed E-state index contributed by atoms with van der Waals surface area (Å²) in [6.07, 6.45) is -5.77. The fraction of sp³-hybridized carbons (Fsp3) is 1.00. The summed E-state index contributed by atoms with van der Waals surface area (Å²) >= 11 is 0. The van der Waals surface area contributed by atoms with Gasteiger partial charge < -0.3 is 30.5 Å². The van der Waals surface area contributed by atoms with Crippen molar-refractivity contribution in [1.29, 1.82) is 0 Å². The summed E-state index contributed by atoms with van der Waals surface area (Å²) in [5.41, 5.74) is 5.23. The molecule has 1 aliphatic rings. The molecule has 0 aromatic rings. The Labute approximate surface area is 75.9 Å². The first kappa shape index (κ1) is 10.8. The number of aliphatic hydroxyl groups excluding tert-OH is 2. The zero-order chi connectivity index (χ0) is 10.0. The first-order valence-electron chi connectivity index (χ1n) is 4.02. The predicted molar refractivity (Wildman–Crippen MR) is 40.5 cm³/mol. The molecule has 0 amide bonds. The molecule has 4 N–H and O–H groups in total. The lowest BCUT2D eigenvalue weighted by atomic mass is 9.99. The van der Waals surface area contributed by atoms with Crippen molar-refractivity contribution in [3.8, 4) is 0 Å². The second kappa shape index (κ2) is 4.32. The van der Waals surface area contributed by atoms with E-state index in [0.29, 0.717) is 0 Å². The standard InChI is InChI=1S/C7H14NO5/c1-12-6-5(10)4(9)3(2-8)13-7(6)11/h3-7,9-10H,2,8H2,1H3/q-1/t3-,4+,5+,6-,7?/m1/s1. The predicted octanol–water partition coefficient (Wildman–Crippen LogP) is -3.23. The van der Waals surface area contributed by atoms with Crippen LogP contribution in [0, 0.1) is 0 Å². The zero-order valence-corrected chi connectivity index (χ0v) is 7.29. The Hall–Kier alpha value is -0.240. The molecule has 1 fully saturated rings. The summed E-state index contributed by atoms with van der Waals surface area (Å²) < 4.78 is 9.50. The highest BCUT2D eigenvalue weighted by atomic mass is 16.7. The molecule has 0 aromatic carbocycles. The average Bonchev–Trinajstić information content (AvgIpc) is 2.12. The lowest BCUT2D eigenvalue weighted by molar-refractivity contribution is -0.532. The normalized spacial score (nSPS) is 46.4. The van der Waals surface area contributed by atoms with Crippen molar-refractivity contribution in [3.05, 3.63) is 0 Å². The Morgan fingerprint density at radius 1 is 1.46 bits per heavy atom. The SMILES string of the molecule is CO[C@H]1C([O-])O[C@H](CN)[C@H](O)[C@@H]1O. The molecule has 0 saturated carbocycles. The molecule has 0 spiro atoms. The minimum Gasteiger partial charge on any atom is -0.829 e. The van der Waals surface area contributed by atoms with Crippen LogP contribution in [0.3, 0.4) is 0 Å². The van der Waals surface area contributed by atoms with Gasteiger partial charge in [0.15, 0.2) is 0 Å². The largest absolute Gasteiger partial charge is 0.829 e. The van der Waals surface area contributed by atoms with Gasteiger partial charge >= 0.3 is 0 Å². The number of hydrogen-bond acceptors (Lipinski definition) is 6. The summed E-state index contributed by atoms with van der Waals surface area (Å²) in [5, 5.41) is 29.9. The molecular formula is C7H14NO5-. The molecule has 78 valence electrons. The molecule has 1 unspecified atom stereocenters. The summed E-state index contributed by atoms with van der Waals surface area (Å²) in [4.78, 5) is 0. The highest BCUT2D eigenvalue weighted by molar-refractivity contribution is 4.89. The first-order chi connectivity index (χ1) is 6.11. The van der Waals surface area contributed by atoms with E-state index in [4.69, 9.17) is 15.2 Å². The number of ether oxygens (including phenoxy) is 2. The van der Waals surface area contributed by atoms with Crippen LogP contribution in [0.1, 0.15) is 0 Å². The van der Waals surface area contributed by atoms with E-state index in [-0.39, 0.29) is 6.54 Å². The van der Waals surface area contributed by atoms with E-state index in [1.807, 2.05) is 0 Å². The summed E-state index contributed by atoms with van der Waals surface area (Å²) in [5.74, 6) is 0. The molecule has 5 atom stereocenters. The molecule has 1 rings (SSSR count). The van der Waals surface area contributed by atoms with Gasteiger partial charge in [0, 0.05) is 19.9 Å². The fourth-order valence-electron chi connectivity index (χ4n) is 1.35. The molecule has 0 aliphatic carbocycles. The van der Waals surface area contributed by atoms with E-state index >= 15 is 0 Å². The summed E-state index contributed by atoms with van der Waals surface area (Å²) in [7, 11) is 1.28. The van der Waals surface area contributed by atoms with Crippen LogP contribution in [0.4, 0.5) is 0 Å². The highest BCUT2D eigenvalue weighted by Gasteiger charge is 2.39. The Balaban J connectivity index is 2.66. The number of aliphatic hydroxyl groups is 2. The Morgan fingerprint density at radius 2 is 2.08 bits per heavy atom. The van der Waals surface area contributed by atoms with Crippen LogP contribution < -0.4 is 10.8 Å². The Bertz CT molecular complexity index is 167. The molecule has 0 bridgehead atoms. The van der Waals surface area contributed by atoms with Crippen molar-refractivity contribution in [2.45, 2.75) is 30.7 Å². The molecular weight excluding hydrogens is 178 g/mol. The van der Waals surface area contributed by atoms with Gasteiger partial charge in [-0.3, -0.25) is 0 Å². The number of nitrogens with two attached hydrogens (primary N) is 1. The summed E-state index contributed by atoms with van der Waals surface area (Å²) in [6.45, 7) is -0.00655. The van der Waals surface area contributed by atoms with Crippen LogP contribution in [0.5, 0.6) is 0 Å².